The Bertz CT molecular complexity index is 439. The molecule has 1 aliphatic heterocycles. The molecule has 2 rings (SSSR count). The van der Waals surface area contributed by atoms with Gasteiger partial charge in [-0.15, -0.1) is 0 Å². The highest BCUT2D eigenvalue weighted by molar-refractivity contribution is 6.17. The van der Waals surface area contributed by atoms with E-state index in [-0.39, 0.29) is 5.91 Å². The molecular weight excluding hydrogens is 206 g/mol. The van der Waals surface area contributed by atoms with Crippen LogP contribution in [0.15, 0.2) is 29.4 Å². The van der Waals surface area contributed by atoms with Crippen LogP contribution in [0, 0.1) is 0 Å². The standard InChI is InChI=1S/C11H13N3O2/c1-7-10(12)11(15)14(13-7)8-3-5-9(16-2)6-4-8/h3-6,10H,12H2,1-2H3. The number of carbonyl (C=O) groups is 1. The van der Waals surface area contributed by atoms with Gasteiger partial charge in [-0.2, -0.15) is 10.1 Å². The van der Waals surface area contributed by atoms with Crippen LogP contribution in [0.3, 0.4) is 0 Å². The zero-order valence-corrected chi connectivity index (χ0v) is 9.18. The number of hydrogen-bond donors (Lipinski definition) is 1. The zero-order chi connectivity index (χ0) is 11.7. The fraction of sp³-hybridized carbons (Fsp3) is 0.273. The van der Waals surface area contributed by atoms with E-state index >= 15 is 0 Å². The zero-order valence-electron chi connectivity index (χ0n) is 9.18. The Morgan fingerprint density at radius 3 is 2.44 bits per heavy atom. The molecule has 1 atom stereocenters. The Hall–Kier alpha value is -1.88. The predicted molar refractivity (Wildman–Crippen MR) is 61.6 cm³/mol. The highest BCUT2D eigenvalue weighted by Crippen LogP contribution is 2.22. The molecule has 0 saturated heterocycles. The first-order chi connectivity index (χ1) is 7.63. The van der Waals surface area contributed by atoms with Gasteiger partial charge in [-0.25, -0.2) is 0 Å². The van der Waals surface area contributed by atoms with E-state index < -0.39 is 6.04 Å². The molecule has 0 saturated carbocycles. The Morgan fingerprint density at radius 2 is 2.00 bits per heavy atom. The molecule has 2 N–H and O–H groups in total. The number of nitrogens with zero attached hydrogens (tertiary/aromatic N) is 2. The molecular formula is C11H13N3O2. The van der Waals surface area contributed by atoms with Crippen molar-refractivity contribution in [2.45, 2.75) is 13.0 Å². The normalized spacial score (nSPS) is 19.9. The highest BCUT2D eigenvalue weighted by atomic mass is 16.5. The first-order valence-electron chi connectivity index (χ1n) is 4.92. The molecule has 5 heteroatoms. The van der Waals surface area contributed by atoms with Crippen LogP contribution in [0.25, 0.3) is 0 Å². The van der Waals surface area contributed by atoms with E-state index in [1.807, 2.05) is 0 Å². The third-order valence-electron chi connectivity index (χ3n) is 2.50. The number of hydrazone groups is 1. The van der Waals surface area contributed by atoms with Crippen LogP contribution in [0.2, 0.25) is 0 Å². The van der Waals surface area contributed by atoms with E-state index in [1.54, 1.807) is 38.3 Å². The van der Waals surface area contributed by atoms with Gasteiger partial charge in [0.25, 0.3) is 5.91 Å². The molecule has 84 valence electrons. The average Bonchev–Trinajstić information content (AvgIpc) is 2.57. The van der Waals surface area contributed by atoms with Crippen LogP contribution in [-0.2, 0) is 4.79 Å². The highest BCUT2D eigenvalue weighted by Gasteiger charge is 2.31. The van der Waals surface area contributed by atoms with E-state index in [0.717, 1.165) is 5.75 Å². The van der Waals surface area contributed by atoms with Gasteiger partial charge in [0.2, 0.25) is 0 Å². The van der Waals surface area contributed by atoms with E-state index in [1.165, 1.54) is 5.01 Å². The number of rotatable bonds is 2. The third-order valence-corrected chi connectivity index (χ3v) is 2.50. The van der Waals surface area contributed by atoms with Gasteiger partial charge in [0.1, 0.15) is 11.8 Å². The molecule has 0 fully saturated rings. The molecule has 5 nitrogen and oxygen atoms in total. The molecule has 1 amide bonds. The Kier molecular flexibility index (Phi) is 2.62. The van der Waals surface area contributed by atoms with Crippen molar-refractivity contribution in [3.63, 3.8) is 0 Å². The molecule has 1 heterocycles. The molecule has 16 heavy (non-hydrogen) atoms. The van der Waals surface area contributed by atoms with Gasteiger partial charge >= 0.3 is 0 Å². The second kappa shape index (κ2) is 3.94. The van der Waals surface area contributed by atoms with Crippen LogP contribution < -0.4 is 15.5 Å². The first-order valence-corrected chi connectivity index (χ1v) is 4.92. The van der Waals surface area contributed by atoms with Crippen LogP contribution in [0.4, 0.5) is 5.69 Å². The third kappa shape index (κ3) is 1.65. The molecule has 0 aromatic heterocycles. The lowest BCUT2D eigenvalue weighted by Crippen LogP contribution is -2.38. The first kappa shape index (κ1) is 10.6. The van der Waals surface area contributed by atoms with Gasteiger partial charge in [-0.05, 0) is 31.2 Å². The summed E-state index contributed by atoms with van der Waals surface area (Å²) in [5, 5.41) is 5.43. The van der Waals surface area contributed by atoms with Crippen LogP contribution >= 0.6 is 0 Å². The molecule has 0 bridgehead atoms. The van der Waals surface area contributed by atoms with Crippen molar-refractivity contribution in [3.05, 3.63) is 24.3 Å². The van der Waals surface area contributed by atoms with Crippen molar-refractivity contribution in [2.24, 2.45) is 10.8 Å². The van der Waals surface area contributed by atoms with Crippen LogP contribution in [-0.4, -0.2) is 24.8 Å². The molecule has 1 aliphatic rings. The predicted octanol–water partition coefficient (Wildman–Crippen LogP) is 0.745. The van der Waals surface area contributed by atoms with Crippen molar-refractivity contribution >= 4 is 17.3 Å². The van der Waals surface area contributed by atoms with Crippen molar-refractivity contribution < 1.29 is 9.53 Å². The van der Waals surface area contributed by atoms with Gasteiger partial charge < -0.3 is 10.5 Å². The topological polar surface area (TPSA) is 67.9 Å². The van der Waals surface area contributed by atoms with Gasteiger partial charge in [0, 0.05) is 0 Å². The lowest BCUT2D eigenvalue weighted by Gasteiger charge is -2.12. The smallest absolute Gasteiger partial charge is 0.270 e. The molecule has 1 aromatic carbocycles. The minimum Gasteiger partial charge on any atom is -0.497 e. The quantitative estimate of drug-likeness (QED) is 0.797. The monoisotopic (exact) mass is 219 g/mol. The molecule has 0 aliphatic carbocycles. The number of methoxy groups -OCH3 is 1. The molecule has 0 spiro atoms. The van der Waals surface area contributed by atoms with Crippen molar-refractivity contribution in [1.82, 2.24) is 0 Å². The van der Waals surface area contributed by atoms with E-state index in [9.17, 15) is 4.79 Å². The summed E-state index contributed by atoms with van der Waals surface area (Å²) in [6, 6.07) is 6.47. The lowest BCUT2D eigenvalue weighted by atomic mass is 10.2. The van der Waals surface area contributed by atoms with Crippen LogP contribution in [0.1, 0.15) is 6.92 Å². The summed E-state index contributed by atoms with van der Waals surface area (Å²) in [6.07, 6.45) is 0. The fourth-order valence-electron chi connectivity index (χ4n) is 1.49. The lowest BCUT2D eigenvalue weighted by molar-refractivity contribution is -0.117. The molecule has 1 unspecified atom stereocenters. The Labute approximate surface area is 93.5 Å². The van der Waals surface area contributed by atoms with Crippen molar-refractivity contribution in [2.75, 3.05) is 12.1 Å². The second-order valence-corrected chi connectivity index (χ2v) is 3.57. The minimum absolute atomic E-state index is 0.206. The van der Waals surface area contributed by atoms with Gasteiger partial charge in [-0.1, -0.05) is 0 Å². The SMILES string of the molecule is COc1ccc(N2N=C(C)C(N)C2=O)cc1. The number of anilines is 1. The number of nitrogens with two attached hydrogens (primary N) is 1. The fourth-order valence-corrected chi connectivity index (χ4v) is 1.49. The summed E-state index contributed by atoms with van der Waals surface area (Å²) in [6.45, 7) is 1.74. The minimum atomic E-state index is -0.623. The number of carbonyl (C=O) groups excluding carboxylic acids is 1. The largest absolute Gasteiger partial charge is 0.497 e. The summed E-state index contributed by atoms with van der Waals surface area (Å²) in [5.74, 6) is 0.531. The summed E-state index contributed by atoms with van der Waals surface area (Å²) in [7, 11) is 1.59. The summed E-state index contributed by atoms with van der Waals surface area (Å²) >= 11 is 0. The summed E-state index contributed by atoms with van der Waals surface area (Å²) in [5.41, 5.74) is 6.98. The van der Waals surface area contributed by atoms with Crippen molar-refractivity contribution in [1.29, 1.82) is 0 Å². The second-order valence-electron chi connectivity index (χ2n) is 3.57. The van der Waals surface area contributed by atoms with Crippen LogP contribution in [0.5, 0.6) is 5.75 Å². The van der Waals surface area contributed by atoms with E-state index in [0.29, 0.717) is 11.4 Å². The van der Waals surface area contributed by atoms with Crippen molar-refractivity contribution in [3.8, 4) is 5.75 Å². The number of hydrogen-bond acceptors (Lipinski definition) is 4. The maximum Gasteiger partial charge on any atom is 0.270 e. The number of ether oxygens (including phenoxy) is 1. The maximum absolute atomic E-state index is 11.7. The summed E-state index contributed by atoms with van der Waals surface area (Å²) < 4.78 is 5.04. The van der Waals surface area contributed by atoms with Gasteiger partial charge in [0.05, 0.1) is 18.5 Å². The Morgan fingerprint density at radius 1 is 1.38 bits per heavy atom. The van der Waals surface area contributed by atoms with E-state index in [2.05, 4.69) is 5.10 Å². The number of benzene rings is 1. The molecule has 1 aromatic rings. The number of amides is 1. The maximum atomic E-state index is 11.7. The molecule has 0 radical (unpaired) electrons. The van der Waals surface area contributed by atoms with Gasteiger partial charge in [-0.3, -0.25) is 4.79 Å². The summed E-state index contributed by atoms with van der Waals surface area (Å²) in [4.78, 5) is 11.7. The average molecular weight is 219 g/mol. The van der Waals surface area contributed by atoms with E-state index in [4.69, 9.17) is 10.5 Å². The van der Waals surface area contributed by atoms with Gasteiger partial charge in [0.15, 0.2) is 0 Å². The Balaban J connectivity index is 2.28.